The van der Waals surface area contributed by atoms with Gasteiger partial charge in [0.2, 0.25) is 5.88 Å². The van der Waals surface area contributed by atoms with Crippen molar-refractivity contribution >= 4 is 0 Å². The molecule has 0 aliphatic rings. The van der Waals surface area contributed by atoms with Crippen molar-refractivity contribution in [3.63, 3.8) is 0 Å². The molecule has 0 saturated heterocycles. The highest BCUT2D eigenvalue weighted by molar-refractivity contribution is 5.44. The van der Waals surface area contributed by atoms with Gasteiger partial charge in [0.05, 0.1) is 36.8 Å². The van der Waals surface area contributed by atoms with Gasteiger partial charge in [-0.3, -0.25) is 4.90 Å². The maximum atomic E-state index is 10.7. The highest BCUT2D eigenvalue weighted by Gasteiger charge is 2.23. The van der Waals surface area contributed by atoms with Crippen LogP contribution in [0.3, 0.4) is 0 Å². The topological polar surface area (TPSA) is 69.0 Å². The lowest BCUT2D eigenvalue weighted by molar-refractivity contribution is 0.0123. The van der Waals surface area contributed by atoms with E-state index in [1.54, 1.807) is 7.11 Å². The van der Waals surface area contributed by atoms with E-state index in [9.17, 15) is 5.11 Å². The van der Waals surface area contributed by atoms with E-state index < -0.39 is 6.10 Å². The summed E-state index contributed by atoms with van der Waals surface area (Å²) < 4.78 is 19.4. The molecular formula is C29H41N3O4. The van der Waals surface area contributed by atoms with Crippen LogP contribution in [0.15, 0.2) is 54.6 Å². The standard InChI is InChI=1S/C29H41N3O4/c1-6-7-16-35-21-25(33)19-31(18-22(2)3)20-28-23(4)30-32(24-12-9-8-10-13-24)29(28)36-27-15-11-14-26(17-27)34-5/h8-15,17,22,25,33H,6-7,16,18-21H2,1-5H3. The van der Waals surface area contributed by atoms with Crippen molar-refractivity contribution in [3.05, 3.63) is 65.9 Å². The summed E-state index contributed by atoms with van der Waals surface area (Å²) in [7, 11) is 1.64. The molecule has 0 amide bonds. The fourth-order valence-corrected chi connectivity index (χ4v) is 4.11. The number of para-hydroxylation sites is 1. The largest absolute Gasteiger partial charge is 0.497 e. The summed E-state index contributed by atoms with van der Waals surface area (Å²) in [5.74, 6) is 2.50. The van der Waals surface area contributed by atoms with Crippen molar-refractivity contribution in [1.82, 2.24) is 14.7 Å². The first-order chi connectivity index (χ1) is 17.4. The molecule has 0 spiro atoms. The van der Waals surface area contributed by atoms with E-state index in [0.29, 0.717) is 43.9 Å². The van der Waals surface area contributed by atoms with E-state index in [1.165, 1.54) is 0 Å². The zero-order chi connectivity index (χ0) is 25.9. The van der Waals surface area contributed by atoms with E-state index in [2.05, 4.69) is 25.7 Å². The quantitative estimate of drug-likeness (QED) is 0.276. The lowest BCUT2D eigenvalue weighted by Crippen LogP contribution is -2.37. The van der Waals surface area contributed by atoms with Crippen LogP contribution in [0.25, 0.3) is 5.69 Å². The molecule has 1 heterocycles. The molecule has 1 unspecified atom stereocenters. The van der Waals surface area contributed by atoms with Crippen molar-refractivity contribution in [2.75, 3.05) is 33.4 Å². The number of methoxy groups -OCH3 is 1. The molecule has 3 rings (SSSR count). The molecule has 0 fully saturated rings. The lowest BCUT2D eigenvalue weighted by atomic mass is 10.1. The van der Waals surface area contributed by atoms with E-state index in [1.807, 2.05) is 66.2 Å². The molecule has 196 valence electrons. The fraction of sp³-hybridized carbons (Fsp3) is 0.483. The molecule has 0 aliphatic carbocycles. The number of nitrogens with zero attached hydrogens (tertiary/aromatic N) is 3. The normalized spacial score (nSPS) is 12.3. The molecule has 1 aromatic heterocycles. The Morgan fingerprint density at radius 1 is 1.03 bits per heavy atom. The van der Waals surface area contributed by atoms with Gasteiger partial charge in [-0.05, 0) is 43.5 Å². The van der Waals surface area contributed by atoms with Crippen LogP contribution in [0, 0.1) is 12.8 Å². The van der Waals surface area contributed by atoms with Gasteiger partial charge < -0.3 is 19.3 Å². The minimum absolute atomic E-state index is 0.337. The third-order valence-electron chi connectivity index (χ3n) is 5.82. The van der Waals surface area contributed by atoms with E-state index in [-0.39, 0.29) is 0 Å². The highest BCUT2D eigenvalue weighted by Crippen LogP contribution is 2.33. The molecule has 7 heteroatoms. The number of hydrogen-bond acceptors (Lipinski definition) is 6. The molecule has 0 bridgehead atoms. The number of benzene rings is 2. The molecule has 0 radical (unpaired) electrons. The number of rotatable bonds is 15. The van der Waals surface area contributed by atoms with Gasteiger partial charge in [0.25, 0.3) is 0 Å². The summed E-state index contributed by atoms with van der Waals surface area (Å²) in [4.78, 5) is 2.26. The smallest absolute Gasteiger partial charge is 0.227 e. The van der Waals surface area contributed by atoms with Crippen molar-refractivity contribution in [2.45, 2.75) is 53.2 Å². The van der Waals surface area contributed by atoms with Crippen LogP contribution in [0.2, 0.25) is 0 Å². The van der Waals surface area contributed by atoms with Gasteiger partial charge in [-0.25, -0.2) is 4.68 Å². The first-order valence-electron chi connectivity index (χ1n) is 12.8. The zero-order valence-corrected chi connectivity index (χ0v) is 22.3. The molecule has 0 aliphatic heterocycles. The Labute approximate surface area is 215 Å². The van der Waals surface area contributed by atoms with Crippen molar-refractivity contribution in [1.29, 1.82) is 0 Å². The second-order valence-electron chi connectivity index (χ2n) is 9.57. The first-order valence-corrected chi connectivity index (χ1v) is 12.8. The second-order valence-corrected chi connectivity index (χ2v) is 9.57. The van der Waals surface area contributed by atoms with Crippen molar-refractivity contribution in [2.24, 2.45) is 5.92 Å². The van der Waals surface area contributed by atoms with Gasteiger partial charge in [0, 0.05) is 32.3 Å². The van der Waals surface area contributed by atoms with Crippen molar-refractivity contribution < 1.29 is 19.3 Å². The lowest BCUT2D eigenvalue weighted by Gasteiger charge is -2.27. The van der Waals surface area contributed by atoms with Crippen LogP contribution in [-0.2, 0) is 11.3 Å². The SMILES string of the molecule is CCCCOCC(O)CN(Cc1c(C)nn(-c2ccccc2)c1Oc1cccc(OC)c1)CC(C)C. The maximum Gasteiger partial charge on any atom is 0.227 e. The molecule has 1 N–H and O–H groups in total. The Morgan fingerprint density at radius 3 is 2.47 bits per heavy atom. The third-order valence-corrected chi connectivity index (χ3v) is 5.82. The Morgan fingerprint density at radius 2 is 1.78 bits per heavy atom. The number of aliphatic hydroxyl groups excluding tert-OH is 1. The van der Waals surface area contributed by atoms with Crippen LogP contribution in [0.1, 0.15) is 44.9 Å². The second kappa shape index (κ2) is 14.0. The number of aliphatic hydroxyl groups is 1. The first kappa shape index (κ1) is 27.7. The summed E-state index contributed by atoms with van der Waals surface area (Å²) in [6.07, 6.45) is 1.52. The monoisotopic (exact) mass is 495 g/mol. The summed E-state index contributed by atoms with van der Waals surface area (Å²) >= 11 is 0. The molecule has 3 aromatic rings. The Hall–Kier alpha value is -2.87. The highest BCUT2D eigenvalue weighted by atomic mass is 16.5. The summed E-state index contributed by atoms with van der Waals surface area (Å²) in [6.45, 7) is 11.5. The van der Waals surface area contributed by atoms with E-state index in [4.69, 9.17) is 19.3 Å². The predicted molar refractivity (Wildman–Crippen MR) is 143 cm³/mol. The van der Waals surface area contributed by atoms with E-state index >= 15 is 0 Å². The minimum atomic E-state index is -0.562. The number of aromatic nitrogens is 2. The van der Waals surface area contributed by atoms with Gasteiger partial charge in [-0.2, -0.15) is 5.10 Å². The Bertz CT molecular complexity index is 1050. The molecule has 1 atom stereocenters. The molecule has 7 nitrogen and oxygen atoms in total. The van der Waals surface area contributed by atoms with Crippen LogP contribution in [0.4, 0.5) is 0 Å². The number of aryl methyl sites for hydroxylation is 1. The Balaban J connectivity index is 1.90. The Kier molecular flexibility index (Phi) is 10.8. The predicted octanol–water partition coefficient (Wildman–Crippen LogP) is 5.62. The fourth-order valence-electron chi connectivity index (χ4n) is 4.11. The van der Waals surface area contributed by atoms with Gasteiger partial charge in [-0.15, -0.1) is 0 Å². The van der Waals surface area contributed by atoms with Gasteiger partial charge >= 0.3 is 0 Å². The van der Waals surface area contributed by atoms with Crippen LogP contribution < -0.4 is 9.47 Å². The van der Waals surface area contributed by atoms with E-state index in [0.717, 1.165) is 42.1 Å². The average Bonchev–Trinajstić information content (AvgIpc) is 3.16. The number of hydrogen-bond donors (Lipinski definition) is 1. The summed E-state index contributed by atoms with van der Waals surface area (Å²) in [6, 6.07) is 17.6. The van der Waals surface area contributed by atoms with Crippen LogP contribution >= 0.6 is 0 Å². The zero-order valence-electron chi connectivity index (χ0n) is 22.3. The third kappa shape index (κ3) is 8.08. The van der Waals surface area contributed by atoms with Crippen LogP contribution in [0.5, 0.6) is 17.4 Å². The molecule has 2 aromatic carbocycles. The molecule has 0 saturated carbocycles. The minimum Gasteiger partial charge on any atom is -0.497 e. The van der Waals surface area contributed by atoms with Gasteiger partial charge in [-0.1, -0.05) is 51.5 Å². The molecular weight excluding hydrogens is 454 g/mol. The maximum absolute atomic E-state index is 10.7. The average molecular weight is 496 g/mol. The van der Waals surface area contributed by atoms with Gasteiger partial charge in [0.1, 0.15) is 11.5 Å². The summed E-state index contributed by atoms with van der Waals surface area (Å²) in [5, 5.41) is 15.5. The van der Waals surface area contributed by atoms with Crippen LogP contribution in [-0.4, -0.2) is 59.3 Å². The number of ether oxygens (including phenoxy) is 3. The van der Waals surface area contributed by atoms with Gasteiger partial charge in [0.15, 0.2) is 0 Å². The van der Waals surface area contributed by atoms with Crippen molar-refractivity contribution in [3.8, 4) is 23.1 Å². The summed E-state index contributed by atoms with van der Waals surface area (Å²) in [5.41, 5.74) is 2.80. The molecule has 36 heavy (non-hydrogen) atoms. The number of unbranched alkanes of at least 4 members (excludes halogenated alkanes) is 1.